The fourth-order valence-electron chi connectivity index (χ4n) is 1.86. The first-order valence-corrected chi connectivity index (χ1v) is 6.66. The lowest BCUT2D eigenvalue weighted by Gasteiger charge is -2.19. The van der Waals surface area contributed by atoms with E-state index in [0.29, 0.717) is 0 Å². The van der Waals surface area contributed by atoms with Crippen LogP contribution in [0.4, 0.5) is 0 Å². The van der Waals surface area contributed by atoms with Gasteiger partial charge in [0.05, 0.1) is 12.5 Å². The third kappa shape index (κ3) is 5.60. The first-order chi connectivity index (χ1) is 10.7. The molecule has 0 aliphatic carbocycles. The van der Waals surface area contributed by atoms with E-state index in [1.165, 1.54) is 25.1 Å². The van der Waals surface area contributed by atoms with Crippen LogP contribution in [0.1, 0.15) is 22.8 Å². The number of carboxylic acid groups (broad SMARTS) is 1. The highest BCUT2D eigenvalue weighted by Crippen LogP contribution is 2.23. The van der Waals surface area contributed by atoms with Crippen molar-refractivity contribution >= 4 is 24.9 Å². The molecular weight excluding hydrogens is 307 g/mol. The number of amides is 2. The lowest BCUT2D eigenvalue weighted by atomic mass is 9.75. The molecule has 1 rings (SSSR count). The van der Waals surface area contributed by atoms with Gasteiger partial charge in [0.15, 0.2) is 0 Å². The Morgan fingerprint density at radius 2 is 1.91 bits per heavy atom. The molecule has 0 fully saturated rings. The van der Waals surface area contributed by atoms with Crippen molar-refractivity contribution < 1.29 is 34.6 Å². The maximum Gasteiger partial charge on any atom is 0.475 e. The van der Waals surface area contributed by atoms with Crippen molar-refractivity contribution in [3.05, 3.63) is 29.3 Å². The molecule has 6 N–H and O–H groups in total. The Morgan fingerprint density at radius 3 is 2.43 bits per heavy atom. The lowest BCUT2D eigenvalue weighted by Crippen LogP contribution is -2.50. The van der Waals surface area contributed by atoms with Crippen LogP contribution < -0.4 is 10.6 Å². The van der Waals surface area contributed by atoms with Gasteiger partial charge in [-0.3, -0.25) is 9.59 Å². The molecule has 0 saturated heterocycles. The summed E-state index contributed by atoms with van der Waals surface area (Å²) in [7, 11) is -1.94. The number of benzene rings is 1. The molecule has 0 aliphatic rings. The highest BCUT2D eigenvalue weighted by molar-refractivity contribution is 6.43. The number of phenols is 1. The number of hydrogen-bond donors (Lipinski definition) is 6. The standard InChI is InChI=1S/C13H17BN2O7/c1-7(17)15-6-11(18)16-10(14(22)23)5-8-3-2-4-9(12(8)19)13(20)21/h2-4,10,19,22-23H,5-6H2,1H3,(H,15,17)(H,16,18)(H,20,21). The minimum absolute atomic E-state index is 0.128. The van der Waals surface area contributed by atoms with Gasteiger partial charge in [0.2, 0.25) is 11.8 Å². The molecule has 0 heterocycles. The molecule has 1 aromatic rings. The van der Waals surface area contributed by atoms with Crippen LogP contribution >= 0.6 is 0 Å². The summed E-state index contributed by atoms with van der Waals surface area (Å²) in [5.74, 6) is -4.12. The molecule has 0 bridgehead atoms. The van der Waals surface area contributed by atoms with Crippen LogP contribution in [0.5, 0.6) is 5.75 Å². The molecule has 0 aliphatic heterocycles. The van der Waals surface area contributed by atoms with E-state index >= 15 is 0 Å². The molecule has 0 saturated carbocycles. The third-order valence-electron chi connectivity index (χ3n) is 2.99. The van der Waals surface area contributed by atoms with Crippen LogP contribution in [-0.2, 0) is 16.0 Å². The number of aromatic hydroxyl groups is 1. The van der Waals surface area contributed by atoms with Gasteiger partial charge in [-0.05, 0) is 18.1 Å². The van der Waals surface area contributed by atoms with Crippen LogP contribution in [0.3, 0.4) is 0 Å². The predicted molar refractivity (Wildman–Crippen MR) is 79.6 cm³/mol. The van der Waals surface area contributed by atoms with Crippen molar-refractivity contribution in [3.8, 4) is 5.75 Å². The van der Waals surface area contributed by atoms with Gasteiger partial charge in [0.1, 0.15) is 11.3 Å². The minimum Gasteiger partial charge on any atom is -0.507 e. The van der Waals surface area contributed by atoms with Crippen LogP contribution in [0.25, 0.3) is 0 Å². The zero-order valence-electron chi connectivity index (χ0n) is 12.3. The molecule has 23 heavy (non-hydrogen) atoms. The Hall–Kier alpha value is -2.59. The Bertz CT molecular complexity index is 606. The second-order valence-electron chi connectivity index (χ2n) is 4.82. The van der Waals surface area contributed by atoms with Crippen LogP contribution in [0.2, 0.25) is 0 Å². The molecule has 124 valence electrons. The molecule has 10 heteroatoms. The summed E-state index contributed by atoms with van der Waals surface area (Å²) in [6.07, 6.45) is -0.212. The molecule has 0 radical (unpaired) electrons. The van der Waals surface area contributed by atoms with Crippen molar-refractivity contribution in [3.63, 3.8) is 0 Å². The van der Waals surface area contributed by atoms with Crippen molar-refractivity contribution in [2.24, 2.45) is 0 Å². The van der Waals surface area contributed by atoms with E-state index in [4.69, 9.17) is 5.11 Å². The van der Waals surface area contributed by atoms with Crippen molar-refractivity contribution in [2.45, 2.75) is 19.3 Å². The first-order valence-electron chi connectivity index (χ1n) is 6.66. The number of hydrogen-bond acceptors (Lipinski definition) is 6. The van der Waals surface area contributed by atoms with Gasteiger partial charge in [0.25, 0.3) is 0 Å². The molecule has 1 aromatic carbocycles. The van der Waals surface area contributed by atoms with Crippen LogP contribution in [0, 0.1) is 0 Å². The smallest absolute Gasteiger partial charge is 0.475 e. The maximum absolute atomic E-state index is 11.6. The summed E-state index contributed by atoms with van der Waals surface area (Å²) in [5, 5.41) is 42.0. The zero-order valence-corrected chi connectivity index (χ0v) is 12.3. The molecule has 0 spiro atoms. The highest BCUT2D eigenvalue weighted by atomic mass is 16.4. The molecule has 1 unspecified atom stereocenters. The average Bonchev–Trinajstić information content (AvgIpc) is 2.45. The maximum atomic E-state index is 11.6. The fourth-order valence-corrected chi connectivity index (χ4v) is 1.86. The van der Waals surface area contributed by atoms with Crippen molar-refractivity contribution in [1.29, 1.82) is 0 Å². The Balaban J connectivity index is 2.85. The summed E-state index contributed by atoms with van der Waals surface area (Å²) in [5.41, 5.74) is -0.207. The van der Waals surface area contributed by atoms with E-state index in [0.717, 1.165) is 0 Å². The Labute approximate surface area is 132 Å². The monoisotopic (exact) mass is 324 g/mol. The second kappa shape index (κ2) is 8.15. The first kappa shape index (κ1) is 18.5. The highest BCUT2D eigenvalue weighted by Gasteiger charge is 2.27. The number of carbonyl (C=O) groups excluding carboxylic acids is 2. The summed E-state index contributed by atoms with van der Waals surface area (Å²) < 4.78 is 0. The number of aromatic carboxylic acids is 1. The lowest BCUT2D eigenvalue weighted by molar-refractivity contribution is -0.125. The number of carboxylic acids is 1. The normalized spacial score (nSPS) is 11.4. The zero-order chi connectivity index (χ0) is 17.6. The summed E-state index contributed by atoms with van der Waals surface area (Å²) in [6, 6.07) is 3.98. The average molecular weight is 324 g/mol. The fraction of sp³-hybridized carbons (Fsp3) is 0.308. The summed E-state index contributed by atoms with van der Waals surface area (Å²) >= 11 is 0. The predicted octanol–water partition coefficient (Wildman–Crippen LogP) is -1.73. The molecular formula is C13H17BN2O7. The summed E-state index contributed by atoms with van der Waals surface area (Å²) in [6.45, 7) is 0.876. The number of rotatable bonds is 7. The topological polar surface area (TPSA) is 156 Å². The number of carbonyl (C=O) groups is 3. The van der Waals surface area contributed by atoms with Gasteiger partial charge in [0, 0.05) is 6.92 Å². The number of nitrogens with one attached hydrogen (secondary N) is 2. The van der Waals surface area contributed by atoms with E-state index in [-0.39, 0.29) is 24.1 Å². The molecule has 2 amide bonds. The van der Waals surface area contributed by atoms with Crippen molar-refractivity contribution in [2.75, 3.05) is 6.54 Å². The van der Waals surface area contributed by atoms with Crippen LogP contribution in [-0.4, -0.2) is 57.6 Å². The van der Waals surface area contributed by atoms with Gasteiger partial charge >= 0.3 is 13.1 Å². The van der Waals surface area contributed by atoms with E-state index in [1.54, 1.807) is 0 Å². The van der Waals surface area contributed by atoms with E-state index in [2.05, 4.69) is 10.6 Å². The van der Waals surface area contributed by atoms with Crippen molar-refractivity contribution in [1.82, 2.24) is 10.6 Å². The minimum atomic E-state index is -1.94. The Morgan fingerprint density at radius 1 is 1.26 bits per heavy atom. The molecule has 1 atom stereocenters. The number of para-hydroxylation sites is 1. The van der Waals surface area contributed by atoms with Crippen LogP contribution in [0.15, 0.2) is 18.2 Å². The largest absolute Gasteiger partial charge is 0.507 e. The van der Waals surface area contributed by atoms with Gasteiger partial charge in [-0.15, -0.1) is 0 Å². The van der Waals surface area contributed by atoms with E-state index < -0.39 is 36.6 Å². The molecule has 9 nitrogen and oxygen atoms in total. The van der Waals surface area contributed by atoms with Gasteiger partial charge in [-0.25, -0.2) is 4.79 Å². The van der Waals surface area contributed by atoms with Gasteiger partial charge in [-0.1, -0.05) is 12.1 Å². The van der Waals surface area contributed by atoms with E-state index in [9.17, 15) is 29.5 Å². The van der Waals surface area contributed by atoms with E-state index in [1.807, 2.05) is 0 Å². The van der Waals surface area contributed by atoms with Gasteiger partial charge in [-0.2, -0.15) is 0 Å². The second-order valence-corrected chi connectivity index (χ2v) is 4.82. The summed E-state index contributed by atoms with van der Waals surface area (Å²) in [4.78, 5) is 33.3. The quantitative estimate of drug-likeness (QED) is 0.325. The SMILES string of the molecule is CC(=O)NCC(=O)NC(Cc1cccc(C(=O)O)c1O)B(O)O. The Kier molecular flexibility index (Phi) is 6.55. The third-order valence-corrected chi connectivity index (χ3v) is 2.99. The molecule has 0 aromatic heterocycles. The van der Waals surface area contributed by atoms with Gasteiger partial charge < -0.3 is 30.9 Å².